The van der Waals surface area contributed by atoms with Gasteiger partial charge in [0.25, 0.3) is 0 Å². The van der Waals surface area contributed by atoms with Crippen LogP contribution in [0.5, 0.6) is 11.5 Å². The molecule has 1 amide bonds. The maximum atomic E-state index is 13.0. The van der Waals surface area contributed by atoms with E-state index in [0.717, 1.165) is 11.1 Å². The van der Waals surface area contributed by atoms with Crippen molar-refractivity contribution in [2.45, 2.75) is 26.3 Å². The van der Waals surface area contributed by atoms with Crippen molar-refractivity contribution >= 4 is 5.91 Å². The van der Waals surface area contributed by atoms with Gasteiger partial charge in [-0.05, 0) is 41.8 Å². The Labute approximate surface area is 166 Å². The number of hydrogen-bond acceptors (Lipinski definition) is 6. The highest BCUT2D eigenvalue weighted by Gasteiger charge is 2.25. The molecule has 1 atom stereocenters. The first-order valence-corrected chi connectivity index (χ1v) is 9.27. The summed E-state index contributed by atoms with van der Waals surface area (Å²) in [4.78, 5) is 16.9. The number of carbonyl (C=O) groups is 1. The SMILES string of the molecule is CC(C)[C@@H](NC(=O)Cc1ccc(F)cc1)c1nc(-c2ccc3c(c2)OCO3)no1. The minimum atomic E-state index is -0.446. The number of fused-ring (bicyclic) bond motifs is 1. The van der Waals surface area contributed by atoms with Crippen LogP contribution in [-0.2, 0) is 11.2 Å². The van der Waals surface area contributed by atoms with Gasteiger partial charge in [0.05, 0.1) is 6.42 Å². The number of amides is 1. The maximum Gasteiger partial charge on any atom is 0.249 e. The first-order valence-electron chi connectivity index (χ1n) is 9.27. The second-order valence-electron chi connectivity index (χ2n) is 7.12. The summed E-state index contributed by atoms with van der Waals surface area (Å²) >= 11 is 0. The zero-order valence-electron chi connectivity index (χ0n) is 16.0. The Kier molecular flexibility index (Phi) is 5.16. The number of nitrogens with one attached hydrogen (secondary N) is 1. The lowest BCUT2D eigenvalue weighted by Gasteiger charge is -2.18. The van der Waals surface area contributed by atoms with Gasteiger partial charge >= 0.3 is 0 Å². The fourth-order valence-electron chi connectivity index (χ4n) is 3.04. The monoisotopic (exact) mass is 397 g/mol. The lowest BCUT2D eigenvalue weighted by molar-refractivity contribution is -0.121. The molecular weight excluding hydrogens is 377 g/mol. The normalized spacial score (nSPS) is 13.5. The first kappa shape index (κ1) is 18.9. The number of halogens is 1. The lowest BCUT2D eigenvalue weighted by atomic mass is 10.0. The van der Waals surface area contributed by atoms with Gasteiger partial charge in [-0.25, -0.2) is 4.39 Å². The van der Waals surface area contributed by atoms with E-state index >= 15 is 0 Å². The molecule has 0 spiro atoms. The quantitative estimate of drug-likeness (QED) is 0.683. The highest BCUT2D eigenvalue weighted by Crippen LogP contribution is 2.35. The number of carbonyl (C=O) groups excluding carboxylic acids is 1. The second kappa shape index (κ2) is 7.90. The average Bonchev–Trinajstić information content (AvgIpc) is 3.36. The summed E-state index contributed by atoms with van der Waals surface area (Å²) in [5.41, 5.74) is 1.45. The van der Waals surface area contributed by atoms with Crippen LogP contribution in [0, 0.1) is 11.7 Å². The van der Waals surface area contributed by atoms with Gasteiger partial charge < -0.3 is 19.3 Å². The molecule has 29 heavy (non-hydrogen) atoms. The zero-order chi connectivity index (χ0) is 20.4. The largest absolute Gasteiger partial charge is 0.454 e. The fraction of sp³-hybridized carbons (Fsp3) is 0.286. The van der Waals surface area contributed by atoms with E-state index in [2.05, 4.69) is 15.5 Å². The molecule has 2 aromatic carbocycles. The second-order valence-corrected chi connectivity index (χ2v) is 7.12. The number of benzene rings is 2. The molecular formula is C21H20FN3O4. The van der Waals surface area contributed by atoms with Crippen LogP contribution in [-0.4, -0.2) is 22.8 Å². The Morgan fingerprint density at radius 1 is 1.14 bits per heavy atom. The van der Waals surface area contributed by atoms with E-state index in [-0.39, 0.29) is 30.9 Å². The molecule has 0 radical (unpaired) electrons. The molecule has 0 fully saturated rings. The molecule has 0 bridgehead atoms. The van der Waals surface area contributed by atoms with Crippen LogP contribution in [0.25, 0.3) is 11.4 Å². The minimum Gasteiger partial charge on any atom is -0.454 e. The van der Waals surface area contributed by atoms with Gasteiger partial charge in [0, 0.05) is 5.56 Å². The molecule has 3 aromatic rings. The van der Waals surface area contributed by atoms with E-state index < -0.39 is 6.04 Å². The van der Waals surface area contributed by atoms with Crippen molar-refractivity contribution in [3.63, 3.8) is 0 Å². The summed E-state index contributed by atoms with van der Waals surface area (Å²) in [6, 6.07) is 10.8. The van der Waals surface area contributed by atoms with Crippen molar-refractivity contribution in [2.24, 2.45) is 5.92 Å². The standard InChI is InChI=1S/C21H20FN3O4/c1-12(2)19(23-18(26)9-13-3-6-15(22)7-4-13)21-24-20(25-29-21)14-5-8-16-17(10-14)28-11-27-16/h3-8,10,12,19H,9,11H2,1-2H3,(H,23,26)/t19-/m1/s1. The molecule has 2 heterocycles. The topological polar surface area (TPSA) is 86.5 Å². The smallest absolute Gasteiger partial charge is 0.249 e. The molecule has 150 valence electrons. The van der Waals surface area contributed by atoms with E-state index in [1.807, 2.05) is 19.9 Å². The molecule has 8 heteroatoms. The van der Waals surface area contributed by atoms with Crippen LogP contribution in [0.15, 0.2) is 47.0 Å². The Balaban J connectivity index is 1.49. The van der Waals surface area contributed by atoms with Crippen molar-refractivity contribution in [2.75, 3.05) is 6.79 Å². The van der Waals surface area contributed by atoms with Crippen LogP contribution < -0.4 is 14.8 Å². The van der Waals surface area contributed by atoms with Crippen LogP contribution >= 0.6 is 0 Å². The molecule has 0 unspecified atom stereocenters. The highest BCUT2D eigenvalue weighted by molar-refractivity contribution is 5.79. The van der Waals surface area contributed by atoms with E-state index in [4.69, 9.17) is 14.0 Å². The predicted octanol–water partition coefficient (Wildman–Crippen LogP) is 3.66. The molecule has 0 saturated carbocycles. The van der Waals surface area contributed by atoms with Crippen molar-refractivity contribution in [1.29, 1.82) is 0 Å². The molecule has 0 aliphatic carbocycles. The summed E-state index contributed by atoms with van der Waals surface area (Å²) in [5.74, 6) is 1.50. The fourth-order valence-corrected chi connectivity index (χ4v) is 3.04. The van der Waals surface area contributed by atoms with Gasteiger partial charge in [0.1, 0.15) is 11.9 Å². The molecule has 4 rings (SSSR count). The average molecular weight is 397 g/mol. The molecule has 1 aliphatic rings. The van der Waals surface area contributed by atoms with Crippen LogP contribution in [0.4, 0.5) is 4.39 Å². The van der Waals surface area contributed by atoms with Crippen LogP contribution in [0.3, 0.4) is 0 Å². The van der Waals surface area contributed by atoms with Crippen molar-refractivity contribution in [3.05, 3.63) is 59.7 Å². The molecule has 7 nitrogen and oxygen atoms in total. The zero-order valence-corrected chi connectivity index (χ0v) is 16.0. The van der Waals surface area contributed by atoms with Crippen molar-refractivity contribution < 1.29 is 23.2 Å². The van der Waals surface area contributed by atoms with Crippen LogP contribution in [0.1, 0.15) is 31.3 Å². The van der Waals surface area contributed by atoms with E-state index in [1.165, 1.54) is 12.1 Å². The first-order chi connectivity index (χ1) is 14.0. The number of nitrogens with zero attached hydrogens (tertiary/aromatic N) is 2. The third-order valence-corrected chi connectivity index (χ3v) is 4.60. The number of hydrogen-bond donors (Lipinski definition) is 1. The molecule has 1 aromatic heterocycles. The lowest BCUT2D eigenvalue weighted by Crippen LogP contribution is -2.33. The summed E-state index contributed by atoms with van der Waals surface area (Å²) in [6.45, 7) is 4.09. The number of aromatic nitrogens is 2. The van der Waals surface area contributed by atoms with Crippen molar-refractivity contribution in [3.8, 4) is 22.9 Å². The molecule has 1 aliphatic heterocycles. The molecule has 0 saturated heterocycles. The number of rotatable bonds is 6. The molecule has 1 N–H and O–H groups in total. The summed E-state index contributed by atoms with van der Waals surface area (Å²) in [7, 11) is 0. The summed E-state index contributed by atoms with van der Waals surface area (Å²) < 4.78 is 29.2. The van der Waals surface area contributed by atoms with E-state index in [0.29, 0.717) is 23.2 Å². The Morgan fingerprint density at radius 2 is 1.90 bits per heavy atom. The predicted molar refractivity (Wildman–Crippen MR) is 102 cm³/mol. The summed E-state index contributed by atoms with van der Waals surface area (Å²) in [6.07, 6.45) is 0.132. The van der Waals surface area contributed by atoms with Gasteiger partial charge in [-0.2, -0.15) is 4.98 Å². The Bertz CT molecular complexity index is 1020. The number of ether oxygens (including phenoxy) is 2. The van der Waals surface area contributed by atoms with Gasteiger partial charge in [-0.15, -0.1) is 0 Å². The third kappa shape index (κ3) is 4.21. The van der Waals surface area contributed by atoms with Crippen LogP contribution in [0.2, 0.25) is 0 Å². The summed E-state index contributed by atoms with van der Waals surface area (Å²) in [5, 5.41) is 6.97. The Morgan fingerprint density at radius 3 is 2.66 bits per heavy atom. The maximum absolute atomic E-state index is 13.0. The van der Waals surface area contributed by atoms with Crippen molar-refractivity contribution in [1.82, 2.24) is 15.5 Å². The van der Waals surface area contributed by atoms with Gasteiger partial charge in [-0.3, -0.25) is 4.79 Å². The Hall–Kier alpha value is -3.42. The highest BCUT2D eigenvalue weighted by atomic mass is 19.1. The van der Waals surface area contributed by atoms with Gasteiger partial charge in [0.15, 0.2) is 11.5 Å². The minimum absolute atomic E-state index is 0.0252. The van der Waals surface area contributed by atoms with Gasteiger partial charge in [-0.1, -0.05) is 31.1 Å². The third-order valence-electron chi connectivity index (χ3n) is 4.60. The van der Waals surface area contributed by atoms with Gasteiger partial charge in [0.2, 0.25) is 24.4 Å². The van der Waals surface area contributed by atoms with E-state index in [1.54, 1.807) is 24.3 Å². The van der Waals surface area contributed by atoms with E-state index in [9.17, 15) is 9.18 Å².